The van der Waals surface area contributed by atoms with Gasteiger partial charge in [-0.1, -0.05) is 0 Å². The first-order valence-corrected chi connectivity index (χ1v) is 4.96. The third kappa shape index (κ3) is 7.48. The van der Waals surface area contributed by atoms with Gasteiger partial charge in [0.05, 0.1) is 0 Å². The zero-order valence-electron chi connectivity index (χ0n) is 9.09. The summed E-state index contributed by atoms with van der Waals surface area (Å²) in [5, 5.41) is 0. The minimum absolute atomic E-state index is 0. The van der Waals surface area contributed by atoms with E-state index < -0.39 is 0 Å². The summed E-state index contributed by atoms with van der Waals surface area (Å²) in [5.41, 5.74) is 0. The van der Waals surface area contributed by atoms with Crippen LogP contribution >= 0.6 is 0 Å². The first kappa shape index (κ1) is 14.6. The quantitative estimate of drug-likeness (QED) is 0.318. The van der Waals surface area contributed by atoms with Crippen molar-refractivity contribution in [2.45, 2.75) is 25.7 Å². The molecule has 0 N–H and O–H groups in total. The van der Waals surface area contributed by atoms with Crippen LogP contribution in [0.25, 0.3) is 0 Å². The SMILES string of the molecule is COCCCCN1CC[CH-]CC1.[K+]. The Morgan fingerprint density at radius 2 is 1.92 bits per heavy atom. The normalized spacial score (nSPS) is 18.2. The molecule has 0 atom stereocenters. The number of unbranched alkanes of at least 4 members (excludes halogenated alkanes) is 1. The molecule has 0 amide bonds. The molecule has 1 fully saturated rings. The molecular weight excluding hydrogens is 189 g/mol. The molecule has 1 saturated heterocycles. The Morgan fingerprint density at radius 3 is 2.54 bits per heavy atom. The van der Waals surface area contributed by atoms with Gasteiger partial charge < -0.3 is 16.1 Å². The topological polar surface area (TPSA) is 12.5 Å². The molecule has 0 spiro atoms. The first-order chi connectivity index (χ1) is 5.93. The fraction of sp³-hybridized carbons (Fsp3) is 0.900. The zero-order chi connectivity index (χ0) is 8.65. The van der Waals surface area contributed by atoms with Crippen LogP contribution in [-0.4, -0.2) is 38.3 Å². The van der Waals surface area contributed by atoms with Gasteiger partial charge in [-0.05, 0) is 32.5 Å². The molecule has 1 aliphatic heterocycles. The minimum atomic E-state index is 0. The van der Waals surface area contributed by atoms with Crippen LogP contribution in [0.4, 0.5) is 0 Å². The van der Waals surface area contributed by atoms with Gasteiger partial charge in [0.1, 0.15) is 0 Å². The van der Waals surface area contributed by atoms with E-state index in [1.807, 2.05) is 0 Å². The predicted octanol–water partition coefficient (Wildman–Crippen LogP) is -1.28. The van der Waals surface area contributed by atoms with Crippen molar-refractivity contribution in [3.63, 3.8) is 0 Å². The number of ether oxygens (including phenoxy) is 1. The smallest absolute Gasteiger partial charge is 0.385 e. The maximum atomic E-state index is 5.01. The van der Waals surface area contributed by atoms with Crippen LogP contribution in [-0.2, 0) is 4.74 Å². The Morgan fingerprint density at radius 1 is 1.23 bits per heavy atom. The van der Waals surface area contributed by atoms with Crippen LogP contribution < -0.4 is 51.4 Å². The van der Waals surface area contributed by atoms with E-state index in [9.17, 15) is 0 Å². The third-order valence-corrected chi connectivity index (χ3v) is 2.37. The van der Waals surface area contributed by atoms with Crippen molar-refractivity contribution in [1.29, 1.82) is 0 Å². The van der Waals surface area contributed by atoms with Crippen molar-refractivity contribution >= 4 is 0 Å². The van der Waals surface area contributed by atoms with Gasteiger partial charge in [-0.2, -0.15) is 12.8 Å². The van der Waals surface area contributed by atoms with Crippen LogP contribution in [0.5, 0.6) is 0 Å². The van der Waals surface area contributed by atoms with E-state index in [4.69, 9.17) is 4.74 Å². The van der Waals surface area contributed by atoms with Gasteiger partial charge in [-0.25, -0.2) is 0 Å². The molecule has 0 radical (unpaired) electrons. The van der Waals surface area contributed by atoms with E-state index in [-0.39, 0.29) is 51.4 Å². The molecular formula is C10H20KNO. The Kier molecular flexibility index (Phi) is 11.3. The van der Waals surface area contributed by atoms with Crippen molar-refractivity contribution in [3.05, 3.63) is 6.42 Å². The maximum Gasteiger partial charge on any atom is 1.00 e. The Labute approximate surface area is 125 Å². The van der Waals surface area contributed by atoms with E-state index >= 15 is 0 Å². The van der Waals surface area contributed by atoms with E-state index in [1.54, 1.807) is 7.11 Å². The monoisotopic (exact) mass is 209 g/mol. The second-order valence-corrected chi connectivity index (χ2v) is 3.41. The van der Waals surface area contributed by atoms with E-state index in [0.717, 1.165) is 6.61 Å². The van der Waals surface area contributed by atoms with Gasteiger partial charge in [0.2, 0.25) is 0 Å². The molecule has 1 rings (SSSR count). The van der Waals surface area contributed by atoms with Gasteiger partial charge in [0.25, 0.3) is 0 Å². The number of hydrogen-bond donors (Lipinski definition) is 0. The van der Waals surface area contributed by atoms with Crippen LogP contribution in [0.15, 0.2) is 0 Å². The average molecular weight is 209 g/mol. The number of rotatable bonds is 5. The molecule has 0 saturated carbocycles. The number of likely N-dealkylation sites (tertiary alicyclic amines) is 1. The predicted molar refractivity (Wildman–Crippen MR) is 51.1 cm³/mol. The molecule has 0 aromatic rings. The summed E-state index contributed by atoms with van der Waals surface area (Å²) in [4.78, 5) is 2.55. The molecule has 1 heterocycles. The summed E-state index contributed by atoms with van der Waals surface area (Å²) in [6.45, 7) is 4.72. The molecule has 0 bridgehead atoms. The summed E-state index contributed by atoms with van der Waals surface area (Å²) < 4.78 is 5.01. The Hall–Kier alpha value is 1.56. The van der Waals surface area contributed by atoms with Crippen LogP contribution in [0.1, 0.15) is 25.7 Å². The number of nitrogens with zero attached hydrogens (tertiary/aromatic N) is 1. The Balaban J connectivity index is 0.00000144. The molecule has 3 heteroatoms. The average Bonchev–Trinajstić information content (AvgIpc) is 2.14. The minimum Gasteiger partial charge on any atom is -0.385 e. The van der Waals surface area contributed by atoms with Crippen LogP contribution in [0.2, 0.25) is 0 Å². The van der Waals surface area contributed by atoms with Crippen molar-refractivity contribution in [3.8, 4) is 0 Å². The molecule has 0 aromatic heterocycles. The van der Waals surface area contributed by atoms with Crippen molar-refractivity contribution in [1.82, 2.24) is 4.90 Å². The van der Waals surface area contributed by atoms with Crippen molar-refractivity contribution < 1.29 is 56.1 Å². The molecule has 13 heavy (non-hydrogen) atoms. The molecule has 2 nitrogen and oxygen atoms in total. The number of piperidine rings is 1. The van der Waals surface area contributed by atoms with Crippen LogP contribution in [0, 0.1) is 6.42 Å². The van der Waals surface area contributed by atoms with Gasteiger partial charge in [-0.3, -0.25) is 0 Å². The summed E-state index contributed by atoms with van der Waals surface area (Å²) >= 11 is 0. The van der Waals surface area contributed by atoms with E-state index in [2.05, 4.69) is 11.3 Å². The zero-order valence-corrected chi connectivity index (χ0v) is 12.2. The summed E-state index contributed by atoms with van der Waals surface area (Å²) in [6.07, 6.45) is 7.45. The maximum absolute atomic E-state index is 5.01. The first-order valence-electron chi connectivity index (χ1n) is 4.96. The molecule has 0 unspecified atom stereocenters. The fourth-order valence-electron chi connectivity index (χ4n) is 1.61. The number of methoxy groups -OCH3 is 1. The Bertz CT molecular complexity index is 105. The molecule has 1 aliphatic rings. The van der Waals surface area contributed by atoms with Gasteiger partial charge in [-0.15, -0.1) is 0 Å². The van der Waals surface area contributed by atoms with Gasteiger partial charge in [0.15, 0.2) is 0 Å². The second-order valence-electron chi connectivity index (χ2n) is 3.41. The number of hydrogen-bond acceptors (Lipinski definition) is 2. The van der Waals surface area contributed by atoms with Gasteiger partial charge >= 0.3 is 51.4 Å². The summed E-state index contributed by atoms with van der Waals surface area (Å²) in [6, 6.07) is 0. The molecule has 72 valence electrons. The molecule has 0 aliphatic carbocycles. The standard InChI is InChI=1S/C10H20NO.K/c1-12-10-6-5-9-11-7-3-2-4-8-11;/h2H,3-10H2,1H3;/q-1;+1. The molecule has 0 aromatic carbocycles. The van der Waals surface area contributed by atoms with Crippen molar-refractivity contribution in [2.75, 3.05) is 33.4 Å². The van der Waals surface area contributed by atoms with E-state index in [0.29, 0.717) is 0 Å². The largest absolute Gasteiger partial charge is 1.00 e. The second kappa shape index (κ2) is 10.1. The summed E-state index contributed by atoms with van der Waals surface area (Å²) in [5.74, 6) is 0. The summed E-state index contributed by atoms with van der Waals surface area (Å²) in [7, 11) is 1.77. The van der Waals surface area contributed by atoms with Gasteiger partial charge in [0, 0.05) is 13.7 Å². The fourth-order valence-corrected chi connectivity index (χ4v) is 1.61. The van der Waals surface area contributed by atoms with E-state index in [1.165, 1.54) is 45.3 Å². The van der Waals surface area contributed by atoms with Crippen molar-refractivity contribution in [2.24, 2.45) is 0 Å². The third-order valence-electron chi connectivity index (χ3n) is 2.37. The van der Waals surface area contributed by atoms with Crippen LogP contribution in [0.3, 0.4) is 0 Å².